The maximum atomic E-state index is 11.5. The van der Waals surface area contributed by atoms with E-state index in [1.54, 1.807) is 14.0 Å². The molecular weight excluding hydrogens is 234 g/mol. The largest absolute Gasteiger partial charge is 0.497 e. The lowest BCUT2D eigenvalue weighted by Gasteiger charge is -2.10. The van der Waals surface area contributed by atoms with Crippen molar-refractivity contribution in [2.75, 3.05) is 14.2 Å². The van der Waals surface area contributed by atoms with Crippen LogP contribution in [0.2, 0.25) is 0 Å². The number of hydrogen-bond acceptors (Lipinski definition) is 5. The highest BCUT2D eigenvalue weighted by Crippen LogP contribution is 2.20. The molecule has 5 nitrogen and oxygen atoms in total. The molecule has 0 aliphatic carbocycles. The molecule has 0 radical (unpaired) electrons. The van der Waals surface area contributed by atoms with Crippen molar-refractivity contribution in [2.45, 2.75) is 19.1 Å². The fraction of sp³-hybridized carbons (Fsp3) is 0.385. The van der Waals surface area contributed by atoms with Gasteiger partial charge in [0.25, 0.3) is 0 Å². The van der Waals surface area contributed by atoms with Gasteiger partial charge in [-0.25, -0.2) is 9.79 Å². The quantitative estimate of drug-likeness (QED) is 0.760. The molecule has 0 amide bonds. The Morgan fingerprint density at radius 3 is 2.50 bits per heavy atom. The Morgan fingerprint density at radius 1 is 1.28 bits per heavy atom. The van der Waals surface area contributed by atoms with Crippen molar-refractivity contribution in [1.82, 2.24) is 0 Å². The van der Waals surface area contributed by atoms with Crippen molar-refractivity contribution in [3.63, 3.8) is 0 Å². The second-order valence-corrected chi connectivity index (χ2v) is 3.95. The third-order valence-electron chi connectivity index (χ3n) is 2.78. The van der Waals surface area contributed by atoms with E-state index in [0.29, 0.717) is 5.90 Å². The monoisotopic (exact) mass is 249 g/mol. The van der Waals surface area contributed by atoms with E-state index in [0.717, 1.165) is 11.3 Å². The number of hydrogen-bond donors (Lipinski definition) is 0. The Balaban J connectivity index is 2.21. The van der Waals surface area contributed by atoms with Gasteiger partial charge in [0.15, 0.2) is 6.04 Å². The molecule has 0 aromatic heterocycles. The van der Waals surface area contributed by atoms with Gasteiger partial charge < -0.3 is 14.2 Å². The fourth-order valence-electron chi connectivity index (χ4n) is 1.74. The van der Waals surface area contributed by atoms with Crippen molar-refractivity contribution in [3.05, 3.63) is 29.8 Å². The summed E-state index contributed by atoms with van der Waals surface area (Å²) in [7, 11) is 2.95. The lowest BCUT2D eigenvalue weighted by atomic mass is 10.2. The van der Waals surface area contributed by atoms with Crippen LogP contribution < -0.4 is 4.74 Å². The zero-order valence-corrected chi connectivity index (χ0v) is 10.5. The molecule has 18 heavy (non-hydrogen) atoms. The zero-order valence-electron chi connectivity index (χ0n) is 10.5. The predicted molar refractivity (Wildman–Crippen MR) is 65.9 cm³/mol. The van der Waals surface area contributed by atoms with Crippen molar-refractivity contribution < 1.29 is 19.0 Å². The fourth-order valence-corrected chi connectivity index (χ4v) is 1.74. The van der Waals surface area contributed by atoms with Crippen LogP contribution in [0.25, 0.3) is 0 Å². The van der Waals surface area contributed by atoms with Crippen LogP contribution in [0.1, 0.15) is 12.5 Å². The van der Waals surface area contributed by atoms with Crippen LogP contribution in [0.3, 0.4) is 0 Å². The summed E-state index contributed by atoms with van der Waals surface area (Å²) in [5, 5.41) is 0. The number of carbonyl (C=O) groups is 1. The number of benzene rings is 1. The molecule has 2 rings (SSSR count). The van der Waals surface area contributed by atoms with Crippen molar-refractivity contribution in [2.24, 2.45) is 4.99 Å². The number of aliphatic imine (C=N–C) groups is 1. The molecule has 1 aliphatic rings. The Hall–Kier alpha value is -2.04. The summed E-state index contributed by atoms with van der Waals surface area (Å²) in [6, 6.07) is 6.72. The second-order valence-electron chi connectivity index (χ2n) is 3.95. The molecule has 5 heteroatoms. The summed E-state index contributed by atoms with van der Waals surface area (Å²) in [5.41, 5.74) is 0.814. The Labute approximate surface area is 105 Å². The average molecular weight is 249 g/mol. The van der Waals surface area contributed by atoms with Crippen molar-refractivity contribution in [1.29, 1.82) is 0 Å². The molecular formula is C13H15NO4. The number of methoxy groups -OCH3 is 2. The lowest BCUT2D eigenvalue weighted by molar-refractivity contribution is -0.143. The van der Waals surface area contributed by atoms with E-state index in [-0.39, 0.29) is 12.1 Å². The molecule has 0 saturated carbocycles. The Bertz CT molecular complexity index is 466. The smallest absolute Gasteiger partial charge is 0.334 e. The number of esters is 1. The maximum absolute atomic E-state index is 11.5. The highest BCUT2D eigenvalue weighted by atomic mass is 16.5. The highest BCUT2D eigenvalue weighted by Gasteiger charge is 2.34. The van der Waals surface area contributed by atoms with Gasteiger partial charge in [-0.1, -0.05) is 0 Å². The van der Waals surface area contributed by atoms with E-state index in [4.69, 9.17) is 9.47 Å². The second kappa shape index (κ2) is 5.08. The topological polar surface area (TPSA) is 57.1 Å². The Kier molecular flexibility index (Phi) is 3.50. The molecule has 0 unspecified atom stereocenters. The summed E-state index contributed by atoms with van der Waals surface area (Å²) >= 11 is 0. The highest BCUT2D eigenvalue weighted by molar-refractivity contribution is 5.98. The van der Waals surface area contributed by atoms with Crippen molar-refractivity contribution in [3.8, 4) is 5.75 Å². The van der Waals surface area contributed by atoms with Gasteiger partial charge >= 0.3 is 5.97 Å². The molecule has 96 valence electrons. The summed E-state index contributed by atoms with van der Waals surface area (Å²) in [6.07, 6.45) is -0.311. The van der Waals surface area contributed by atoms with Crippen LogP contribution in [0, 0.1) is 0 Å². The van der Waals surface area contributed by atoms with Gasteiger partial charge in [-0.15, -0.1) is 0 Å². The van der Waals surface area contributed by atoms with E-state index in [9.17, 15) is 4.79 Å². The van der Waals surface area contributed by atoms with Gasteiger partial charge in [-0.2, -0.15) is 0 Å². The standard InChI is InChI=1S/C13H15NO4/c1-8-11(13(15)17-3)14-12(18-8)9-4-6-10(16-2)7-5-9/h4-8,11H,1-3H3/t8-,11+/m1/s1. The molecule has 2 atom stereocenters. The first-order valence-electron chi connectivity index (χ1n) is 5.62. The van der Waals surface area contributed by atoms with Crippen LogP contribution in [-0.2, 0) is 14.3 Å². The molecule has 0 spiro atoms. The summed E-state index contributed by atoms with van der Waals surface area (Å²) < 4.78 is 15.3. The zero-order chi connectivity index (χ0) is 13.1. The molecule has 0 saturated heterocycles. The van der Waals surface area contributed by atoms with E-state index in [2.05, 4.69) is 9.73 Å². The maximum Gasteiger partial charge on any atom is 0.334 e. The molecule has 0 N–H and O–H groups in total. The van der Waals surface area contributed by atoms with Gasteiger partial charge in [0.2, 0.25) is 5.90 Å². The third-order valence-corrected chi connectivity index (χ3v) is 2.78. The Morgan fingerprint density at radius 2 is 1.94 bits per heavy atom. The lowest BCUT2D eigenvalue weighted by Crippen LogP contribution is -2.28. The molecule has 1 aromatic carbocycles. The SMILES string of the molecule is COC(=O)[C@H]1N=C(c2ccc(OC)cc2)O[C@@H]1C. The molecule has 1 aromatic rings. The van der Waals surface area contributed by atoms with E-state index < -0.39 is 6.04 Å². The van der Waals surface area contributed by atoms with Crippen LogP contribution in [0.15, 0.2) is 29.3 Å². The first-order chi connectivity index (χ1) is 8.65. The first-order valence-corrected chi connectivity index (χ1v) is 5.62. The molecule has 0 fully saturated rings. The van der Waals surface area contributed by atoms with Crippen LogP contribution in [-0.4, -0.2) is 38.2 Å². The van der Waals surface area contributed by atoms with Crippen molar-refractivity contribution >= 4 is 11.9 Å². The third kappa shape index (κ3) is 2.30. The van der Waals surface area contributed by atoms with E-state index in [1.807, 2.05) is 24.3 Å². The minimum absolute atomic E-state index is 0.311. The van der Waals surface area contributed by atoms with Gasteiger partial charge in [0, 0.05) is 5.56 Å². The summed E-state index contributed by atoms with van der Waals surface area (Å²) in [5.74, 6) is 0.835. The minimum atomic E-state index is -0.591. The van der Waals surface area contributed by atoms with E-state index in [1.165, 1.54) is 7.11 Å². The average Bonchev–Trinajstić information content (AvgIpc) is 2.80. The molecule has 1 heterocycles. The number of nitrogens with zero attached hydrogens (tertiary/aromatic N) is 1. The molecule has 1 aliphatic heterocycles. The molecule has 0 bridgehead atoms. The number of rotatable bonds is 3. The minimum Gasteiger partial charge on any atom is -0.497 e. The number of ether oxygens (including phenoxy) is 3. The van der Waals surface area contributed by atoms with Gasteiger partial charge in [-0.3, -0.25) is 0 Å². The van der Waals surface area contributed by atoms with Gasteiger partial charge in [0.1, 0.15) is 11.9 Å². The normalized spacial score (nSPS) is 22.1. The summed E-state index contributed by atoms with van der Waals surface area (Å²) in [6.45, 7) is 1.79. The van der Waals surface area contributed by atoms with Gasteiger partial charge in [-0.05, 0) is 31.2 Å². The predicted octanol–water partition coefficient (Wildman–Crippen LogP) is 1.40. The van der Waals surface area contributed by atoms with Crippen LogP contribution >= 0.6 is 0 Å². The summed E-state index contributed by atoms with van der Waals surface area (Å²) in [4.78, 5) is 15.7. The van der Waals surface area contributed by atoms with Gasteiger partial charge in [0.05, 0.1) is 14.2 Å². The van der Waals surface area contributed by atoms with E-state index >= 15 is 0 Å². The van der Waals surface area contributed by atoms with Crippen LogP contribution in [0.4, 0.5) is 0 Å². The first kappa shape index (κ1) is 12.4. The van der Waals surface area contributed by atoms with Crippen LogP contribution in [0.5, 0.6) is 5.75 Å². The number of carbonyl (C=O) groups excluding carboxylic acids is 1.